The van der Waals surface area contributed by atoms with E-state index in [-0.39, 0.29) is 11.4 Å². The van der Waals surface area contributed by atoms with Crippen LogP contribution in [0, 0.1) is 11.2 Å². The van der Waals surface area contributed by atoms with Gasteiger partial charge in [-0.25, -0.2) is 14.1 Å². The predicted octanol–water partition coefficient (Wildman–Crippen LogP) is 1.59. The Morgan fingerprint density at radius 3 is 2.57 bits per heavy atom. The molecule has 1 saturated carbocycles. The molecule has 0 radical (unpaired) electrons. The van der Waals surface area contributed by atoms with Gasteiger partial charge in [0.15, 0.2) is 0 Å². The highest BCUT2D eigenvalue weighted by Crippen LogP contribution is 2.46. The average molecular weight is 292 g/mol. The fourth-order valence-electron chi connectivity index (χ4n) is 2.70. The molecule has 21 heavy (non-hydrogen) atoms. The third kappa shape index (κ3) is 1.80. The monoisotopic (exact) mass is 292 g/mol. The van der Waals surface area contributed by atoms with Gasteiger partial charge in [-0.2, -0.15) is 0 Å². The van der Waals surface area contributed by atoms with Crippen LogP contribution in [0.1, 0.15) is 19.3 Å². The summed E-state index contributed by atoms with van der Waals surface area (Å²) in [6.07, 6.45) is 1.57. The average Bonchev–Trinajstić information content (AvgIpc) is 2.38. The van der Waals surface area contributed by atoms with E-state index in [0.717, 1.165) is 23.5 Å². The maximum Gasteiger partial charge on any atom is 0.335 e. The van der Waals surface area contributed by atoms with Crippen molar-refractivity contribution >= 4 is 23.5 Å². The molecule has 1 aliphatic carbocycles. The molecule has 1 saturated heterocycles. The Hall–Kier alpha value is -2.44. The molecule has 3 rings (SSSR count). The zero-order valence-corrected chi connectivity index (χ0v) is 11.3. The van der Waals surface area contributed by atoms with Crippen LogP contribution in [0.3, 0.4) is 0 Å². The zero-order chi connectivity index (χ0) is 15.2. The first-order valence-electron chi connectivity index (χ1n) is 6.53. The van der Waals surface area contributed by atoms with Gasteiger partial charge in [0.2, 0.25) is 5.91 Å². The van der Waals surface area contributed by atoms with Crippen molar-refractivity contribution in [1.29, 1.82) is 0 Å². The molecule has 4 amide bonds. The molecule has 110 valence electrons. The smallest absolute Gasteiger partial charge is 0.335 e. The van der Waals surface area contributed by atoms with E-state index in [1.54, 1.807) is 0 Å². The van der Waals surface area contributed by atoms with Gasteiger partial charge in [0.1, 0.15) is 17.0 Å². The quantitative estimate of drug-likeness (QED) is 0.840. The van der Waals surface area contributed by atoms with E-state index in [1.807, 2.05) is 0 Å². The number of methoxy groups -OCH3 is 1. The fraction of sp³-hybridized carbons (Fsp3) is 0.357. The van der Waals surface area contributed by atoms with Crippen molar-refractivity contribution in [2.75, 3.05) is 12.0 Å². The van der Waals surface area contributed by atoms with Gasteiger partial charge in [0, 0.05) is 6.07 Å². The fourth-order valence-corrected chi connectivity index (χ4v) is 2.70. The van der Waals surface area contributed by atoms with Crippen LogP contribution in [-0.4, -0.2) is 25.0 Å². The van der Waals surface area contributed by atoms with Crippen LogP contribution >= 0.6 is 0 Å². The summed E-state index contributed by atoms with van der Waals surface area (Å²) in [6, 6.07) is 2.66. The summed E-state index contributed by atoms with van der Waals surface area (Å²) < 4.78 is 18.3. The molecule has 1 N–H and O–H groups in total. The second-order valence-corrected chi connectivity index (χ2v) is 5.15. The number of nitrogens with zero attached hydrogens (tertiary/aromatic N) is 1. The summed E-state index contributed by atoms with van der Waals surface area (Å²) in [5.74, 6) is -1.62. The number of carbonyl (C=O) groups is 3. The first-order chi connectivity index (χ1) is 9.99. The van der Waals surface area contributed by atoms with E-state index >= 15 is 0 Å². The number of nitrogens with one attached hydrogen (secondary N) is 1. The van der Waals surface area contributed by atoms with Crippen LogP contribution in [0.2, 0.25) is 0 Å². The van der Waals surface area contributed by atoms with Gasteiger partial charge in [-0.3, -0.25) is 14.9 Å². The third-order valence-corrected chi connectivity index (χ3v) is 4.06. The molecular formula is C14H13FN2O4. The summed E-state index contributed by atoms with van der Waals surface area (Å²) in [6.45, 7) is 0. The van der Waals surface area contributed by atoms with E-state index in [2.05, 4.69) is 5.32 Å². The Labute approximate surface area is 119 Å². The number of halogens is 1. The van der Waals surface area contributed by atoms with Gasteiger partial charge >= 0.3 is 6.03 Å². The molecule has 1 heterocycles. The summed E-state index contributed by atoms with van der Waals surface area (Å²) in [5, 5.41) is 2.19. The van der Waals surface area contributed by atoms with Gasteiger partial charge in [-0.15, -0.1) is 0 Å². The van der Waals surface area contributed by atoms with Crippen LogP contribution in [0.5, 0.6) is 5.75 Å². The molecule has 7 heteroatoms. The Morgan fingerprint density at radius 1 is 1.29 bits per heavy atom. The number of carbonyl (C=O) groups excluding carboxylic acids is 3. The SMILES string of the molecule is COc1cc(F)ccc1N1C(=O)NC(=O)C2(CCC2)C1=O. The lowest BCUT2D eigenvalue weighted by Gasteiger charge is -2.44. The van der Waals surface area contributed by atoms with Crippen molar-refractivity contribution in [3.63, 3.8) is 0 Å². The molecule has 1 aliphatic heterocycles. The number of benzene rings is 1. The van der Waals surface area contributed by atoms with Crippen LogP contribution in [0.15, 0.2) is 18.2 Å². The zero-order valence-electron chi connectivity index (χ0n) is 11.3. The first kappa shape index (κ1) is 13.5. The van der Waals surface area contributed by atoms with Crippen molar-refractivity contribution in [3.05, 3.63) is 24.0 Å². The minimum atomic E-state index is -1.17. The van der Waals surface area contributed by atoms with Gasteiger partial charge < -0.3 is 4.74 Å². The lowest BCUT2D eigenvalue weighted by Crippen LogP contribution is -2.66. The highest BCUT2D eigenvalue weighted by Gasteiger charge is 2.58. The molecule has 2 aliphatic rings. The Balaban J connectivity index is 2.07. The second-order valence-electron chi connectivity index (χ2n) is 5.15. The van der Waals surface area contributed by atoms with Crippen molar-refractivity contribution in [2.45, 2.75) is 19.3 Å². The summed E-state index contributed by atoms with van der Waals surface area (Å²) >= 11 is 0. The largest absolute Gasteiger partial charge is 0.494 e. The van der Waals surface area contributed by atoms with Crippen molar-refractivity contribution in [2.24, 2.45) is 5.41 Å². The molecule has 0 aromatic heterocycles. The highest BCUT2D eigenvalue weighted by atomic mass is 19.1. The van der Waals surface area contributed by atoms with E-state index in [0.29, 0.717) is 12.8 Å². The summed E-state index contributed by atoms with van der Waals surface area (Å²) in [4.78, 5) is 37.4. The minimum absolute atomic E-state index is 0.0577. The summed E-state index contributed by atoms with van der Waals surface area (Å²) in [5.41, 5.74) is -1.05. The maximum atomic E-state index is 13.2. The van der Waals surface area contributed by atoms with Crippen LogP contribution in [-0.2, 0) is 9.59 Å². The number of imide groups is 2. The number of anilines is 1. The number of barbiturate groups is 1. The number of ether oxygens (including phenoxy) is 1. The van der Waals surface area contributed by atoms with Gasteiger partial charge in [-0.1, -0.05) is 6.42 Å². The molecule has 1 aromatic rings. The predicted molar refractivity (Wildman–Crippen MR) is 70.3 cm³/mol. The highest BCUT2D eigenvalue weighted by molar-refractivity contribution is 6.30. The molecular weight excluding hydrogens is 279 g/mol. The van der Waals surface area contributed by atoms with Crippen LogP contribution < -0.4 is 15.0 Å². The lowest BCUT2D eigenvalue weighted by molar-refractivity contribution is -0.148. The Bertz CT molecular complexity index is 654. The van der Waals surface area contributed by atoms with Gasteiger partial charge in [0.05, 0.1) is 12.8 Å². The van der Waals surface area contributed by atoms with Crippen molar-refractivity contribution in [1.82, 2.24) is 5.32 Å². The van der Waals surface area contributed by atoms with E-state index in [1.165, 1.54) is 13.2 Å². The van der Waals surface area contributed by atoms with E-state index < -0.39 is 29.1 Å². The minimum Gasteiger partial charge on any atom is -0.494 e. The van der Waals surface area contributed by atoms with Gasteiger partial charge in [0.25, 0.3) is 5.91 Å². The number of hydrogen-bond acceptors (Lipinski definition) is 4. The molecule has 2 fully saturated rings. The van der Waals surface area contributed by atoms with Crippen molar-refractivity contribution in [3.8, 4) is 5.75 Å². The molecule has 1 aromatic carbocycles. The molecule has 0 unspecified atom stereocenters. The second kappa shape index (κ2) is 4.54. The molecule has 6 nitrogen and oxygen atoms in total. The number of amides is 4. The first-order valence-corrected chi connectivity index (χ1v) is 6.53. The van der Waals surface area contributed by atoms with Crippen LogP contribution in [0.4, 0.5) is 14.9 Å². The number of hydrogen-bond donors (Lipinski definition) is 1. The number of urea groups is 1. The number of rotatable bonds is 2. The molecule has 0 atom stereocenters. The van der Waals surface area contributed by atoms with Crippen molar-refractivity contribution < 1.29 is 23.5 Å². The maximum absolute atomic E-state index is 13.2. The topological polar surface area (TPSA) is 75.7 Å². The molecule has 0 bridgehead atoms. The Kier molecular flexibility index (Phi) is 2.93. The standard InChI is InChI=1S/C14H13FN2O4/c1-21-10-7-8(15)3-4-9(10)17-12(19)14(5-2-6-14)11(18)16-13(17)20/h3-4,7H,2,5-6H2,1H3,(H,16,18,20). The Morgan fingerprint density at radius 2 is 2.00 bits per heavy atom. The summed E-state index contributed by atoms with van der Waals surface area (Å²) in [7, 11) is 1.31. The van der Waals surface area contributed by atoms with E-state index in [9.17, 15) is 18.8 Å². The lowest BCUT2D eigenvalue weighted by atomic mass is 9.66. The molecule has 1 spiro atoms. The normalized spacial score (nSPS) is 20.3. The van der Waals surface area contributed by atoms with Crippen LogP contribution in [0.25, 0.3) is 0 Å². The third-order valence-electron chi connectivity index (χ3n) is 4.06. The van der Waals surface area contributed by atoms with Gasteiger partial charge in [-0.05, 0) is 25.0 Å². The van der Waals surface area contributed by atoms with E-state index in [4.69, 9.17) is 4.74 Å².